The van der Waals surface area contributed by atoms with Gasteiger partial charge in [0.2, 0.25) is 5.95 Å². The SMILES string of the molecule is Nc1ncc(CN[C@@H]2C[C@H]2c2ccc(OCc3ccccc3)cc2)nn1. The van der Waals surface area contributed by atoms with Gasteiger partial charge in [-0.1, -0.05) is 42.5 Å². The molecule has 0 saturated heterocycles. The third-order valence-electron chi connectivity index (χ3n) is 4.52. The molecule has 0 amide bonds. The molecule has 0 spiro atoms. The molecule has 3 aromatic rings. The van der Waals surface area contributed by atoms with Gasteiger partial charge in [-0.15, -0.1) is 10.2 Å². The zero-order valence-corrected chi connectivity index (χ0v) is 14.4. The van der Waals surface area contributed by atoms with Gasteiger partial charge in [-0.25, -0.2) is 4.98 Å². The van der Waals surface area contributed by atoms with Crippen LogP contribution >= 0.6 is 0 Å². The molecule has 132 valence electrons. The molecule has 1 aromatic heterocycles. The predicted octanol–water partition coefficient (Wildman–Crippen LogP) is 2.68. The van der Waals surface area contributed by atoms with Crippen LogP contribution in [-0.2, 0) is 13.2 Å². The number of aromatic nitrogens is 3. The van der Waals surface area contributed by atoms with Crippen molar-refractivity contribution in [3.05, 3.63) is 77.6 Å². The quantitative estimate of drug-likeness (QED) is 0.683. The number of ether oxygens (including phenoxy) is 1. The summed E-state index contributed by atoms with van der Waals surface area (Å²) in [6.07, 6.45) is 2.78. The van der Waals surface area contributed by atoms with Gasteiger partial charge < -0.3 is 15.8 Å². The fourth-order valence-corrected chi connectivity index (χ4v) is 2.97. The van der Waals surface area contributed by atoms with Crippen LogP contribution in [0.3, 0.4) is 0 Å². The lowest BCUT2D eigenvalue weighted by Gasteiger charge is -2.08. The third kappa shape index (κ3) is 4.15. The molecule has 2 atom stereocenters. The van der Waals surface area contributed by atoms with Crippen molar-refractivity contribution >= 4 is 5.95 Å². The van der Waals surface area contributed by atoms with E-state index in [1.165, 1.54) is 11.1 Å². The number of anilines is 1. The second-order valence-corrected chi connectivity index (χ2v) is 6.48. The van der Waals surface area contributed by atoms with Crippen LogP contribution in [0.2, 0.25) is 0 Å². The van der Waals surface area contributed by atoms with Crippen molar-refractivity contribution in [3.63, 3.8) is 0 Å². The smallest absolute Gasteiger partial charge is 0.240 e. The Hall–Kier alpha value is -2.99. The Morgan fingerprint density at radius 1 is 1.04 bits per heavy atom. The van der Waals surface area contributed by atoms with Crippen LogP contribution in [0.1, 0.15) is 29.2 Å². The maximum Gasteiger partial charge on any atom is 0.240 e. The standard InChI is InChI=1S/C20H21N5O/c21-20-23-12-16(24-25-20)11-22-19-10-18(19)15-6-8-17(9-7-15)26-13-14-4-2-1-3-5-14/h1-9,12,18-19,22H,10-11,13H2,(H2,21,23,25)/t18-,19+/m0/s1. The van der Waals surface area contributed by atoms with Crippen LogP contribution in [0.25, 0.3) is 0 Å². The zero-order valence-electron chi connectivity index (χ0n) is 14.4. The van der Waals surface area contributed by atoms with Gasteiger partial charge in [-0.05, 0) is 29.7 Å². The Morgan fingerprint density at radius 3 is 2.58 bits per heavy atom. The molecular weight excluding hydrogens is 326 g/mol. The maximum atomic E-state index is 5.84. The van der Waals surface area contributed by atoms with Crippen molar-refractivity contribution in [2.75, 3.05) is 5.73 Å². The first kappa shape index (κ1) is 16.5. The Bertz CT molecular complexity index is 836. The predicted molar refractivity (Wildman–Crippen MR) is 99.4 cm³/mol. The van der Waals surface area contributed by atoms with Gasteiger partial charge in [-0.3, -0.25) is 0 Å². The lowest BCUT2D eigenvalue weighted by atomic mass is 10.1. The summed E-state index contributed by atoms with van der Waals surface area (Å²) < 4.78 is 5.84. The fraction of sp³-hybridized carbons (Fsp3) is 0.250. The van der Waals surface area contributed by atoms with E-state index in [9.17, 15) is 0 Å². The highest BCUT2D eigenvalue weighted by molar-refractivity contribution is 5.34. The first-order chi connectivity index (χ1) is 12.8. The van der Waals surface area contributed by atoms with Crippen molar-refractivity contribution in [1.82, 2.24) is 20.5 Å². The van der Waals surface area contributed by atoms with E-state index >= 15 is 0 Å². The number of hydrogen-bond donors (Lipinski definition) is 2. The van der Waals surface area contributed by atoms with Crippen LogP contribution in [-0.4, -0.2) is 21.2 Å². The highest BCUT2D eigenvalue weighted by Gasteiger charge is 2.37. The second-order valence-electron chi connectivity index (χ2n) is 6.48. The lowest BCUT2D eigenvalue weighted by molar-refractivity contribution is 0.306. The molecule has 1 fully saturated rings. The molecule has 1 aliphatic rings. The zero-order chi connectivity index (χ0) is 17.8. The number of rotatable bonds is 7. The van der Waals surface area contributed by atoms with Crippen LogP contribution in [0.4, 0.5) is 5.95 Å². The summed E-state index contributed by atoms with van der Waals surface area (Å²) in [6.45, 7) is 1.24. The number of hydrogen-bond acceptors (Lipinski definition) is 6. The van der Waals surface area contributed by atoms with Crippen LogP contribution < -0.4 is 15.8 Å². The molecule has 1 saturated carbocycles. The van der Waals surface area contributed by atoms with Crippen molar-refractivity contribution in [3.8, 4) is 5.75 Å². The van der Waals surface area contributed by atoms with Crippen molar-refractivity contribution in [2.45, 2.75) is 31.5 Å². The Labute approximate surface area is 152 Å². The van der Waals surface area contributed by atoms with Crippen molar-refractivity contribution < 1.29 is 4.74 Å². The van der Waals surface area contributed by atoms with E-state index in [0.29, 0.717) is 25.1 Å². The minimum Gasteiger partial charge on any atom is -0.489 e. The van der Waals surface area contributed by atoms with Gasteiger partial charge in [-0.2, -0.15) is 0 Å². The normalized spacial score (nSPS) is 18.5. The van der Waals surface area contributed by atoms with Crippen LogP contribution in [0, 0.1) is 0 Å². The van der Waals surface area contributed by atoms with Crippen LogP contribution in [0.5, 0.6) is 5.75 Å². The summed E-state index contributed by atoms with van der Waals surface area (Å²) in [6, 6.07) is 19.0. The molecule has 3 N–H and O–H groups in total. The topological polar surface area (TPSA) is 86.0 Å². The van der Waals surface area contributed by atoms with E-state index in [1.54, 1.807) is 6.20 Å². The van der Waals surface area contributed by atoms with Gasteiger partial charge in [0.15, 0.2) is 0 Å². The summed E-state index contributed by atoms with van der Waals surface area (Å²) in [7, 11) is 0. The van der Waals surface area contributed by atoms with E-state index in [4.69, 9.17) is 10.5 Å². The molecule has 1 aliphatic carbocycles. The van der Waals surface area contributed by atoms with E-state index in [-0.39, 0.29) is 5.95 Å². The Balaban J connectivity index is 1.26. The second kappa shape index (κ2) is 7.49. The molecule has 6 heteroatoms. The number of nitrogens with one attached hydrogen (secondary N) is 1. The number of benzene rings is 2. The molecule has 26 heavy (non-hydrogen) atoms. The van der Waals surface area contributed by atoms with Gasteiger partial charge in [0.25, 0.3) is 0 Å². The van der Waals surface area contributed by atoms with Crippen LogP contribution in [0.15, 0.2) is 60.8 Å². The van der Waals surface area contributed by atoms with Gasteiger partial charge in [0, 0.05) is 18.5 Å². The minimum absolute atomic E-state index is 0.202. The van der Waals surface area contributed by atoms with E-state index < -0.39 is 0 Å². The average Bonchev–Trinajstić information content (AvgIpc) is 3.47. The number of nitrogen functional groups attached to an aromatic ring is 1. The lowest BCUT2D eigenvalue weighted by Crippen LogP contribution is -2.18. The molecule has 6 nitrogen and oxygen atoms in total. The summed E-state index contributed by atoms with van der Waals surface area (Å²) in [5, 5.41) is 11.3. The highest BCUT2D eigenvalue weighted by Crippen LogP contribution is 2.41. The highest BCUT2D eigenvalue weighted by atomic mass is 16.5. The number of nitrogens with zero attached hydrogens (tertiary/aromatic N) is 3. The molecule has 4 rings (SSSR count). The van der Waals surface area contributed by atoms with Gasteiger partial charge in [0.05, 0.1) is 11.9 Å². The molecule has 0 aliphatic heterocycles. The minimum atomic E-state index is 0.202. The largest absolute Gasteiger partial charge is 0.489 e. The summed E-state index contributed by atoms with van der Waals surface area (Å²) in [5.74, 6) is 1.63. The summed E-state index contributed by atoms with van der Waals surface area (Å²) >= 11 is 0. The molecule has 2 aromatic carbocycles. The summed E-state index contributed by atoms with van der Waals surface area (Å²) in [4.78, 5) is 3.95. The van der Waals surface area contributed by atoms with Gasteiger partial charge >= 0.3 is 0 Å². The molecule has 1 heterocycles. The average molecular weight is 347 g/mol. The Morgan fingerprint density at radius 2 is 1.85 bits per heavy atom. The van der Waals surface area contributed by atoms with Gasteiger partial charge in [0.1, 0.15) is 12.4 Å². The monoisotopic (exact) mass is 347 g/mol. The van der Waals surface area contributed by atoms with Crippen molar-refractivity contribution in [1.29, 1.82) is 0 Å². The third-order valence-corrected chi connectivity index (χ3v) is 4.52. The fourth-order valence-electron chi connectivity index (χ4n) is 2.97. The molecule has 0 unspecified atom stereocenters. The number of nitrogens with two attached hydrogens (primary N) is 1. The molecule has 0 bridgehead atoms. The Kier molecular flexibility index (Phi) is 4.75. The van der Waals surface area contributed by atoms with E-state index in [2.05, 4.69) is 44.8 Å². The van der Waals surface area contributed by atoms with E-state index in [0.717, 1.165) is 17.9 Å². The van der Waals surface area contributed by atoms with Crippen molar-refractivity contribution in [2.24, 2.45) is 0 Å². The summed E-state index contributed by atoms with van der Waals surface area (Å²) in [5.41, 5.74) is 8.74. The molecule has 0 radical (unpaired) electrons. The first-order valence-corrected chi connectivity index (χ1v) is 8.72. The first-order valence-electron chi connectivity index (χ1n) is 8.72. The van der Waals surface area contributed by atoms with E-state index in [1.807, 2.05) is 30.3 Å². The maximum absolute atomic E-state index is 5.84. The molecular formula is C20H21N5O.